The van der Waals surface area contributed by atoms with Crippen LogP contribution >= 0.6 is 15.9 Å². The third-order valence-corrected chi connectivity index (χ3v) is 2.77. The number of hydrogen-bond donors (Lipinski definition) is 1. The minimum atomic E-state index is 0.329. The van der Waals surface area contributed by atoms with Gasteiger partial charge in [0.2, 0.25) is 0 Å². The number of halogens is 1. The quantitative estimate of drug-likeness (QED) is 0.933. The van der Waals surface area contributed by atoms with Crippen LogP contribution in [0.5, 0.6) is 11.8 Å². The van der Waals surface area contributed by atoms with E-state index < -0.39 is 0 Å². The molecule has 0 unspecified atom stereocenters. The van der Waals surface area contributed by atoms with E-state index >= 15 is 0 Å². The van der Waals surface area contributed by atoms with Crippen molar-refractivity contribution in [2.75, 3.05) is 0 Å². The number of hydrogen-bond acceptors (Lipinski definition) is 4. The molecule has 6 heteroatoms. The van der Waals surface area contributed by atoms with Gasteiger partial charge >= 0.3 is 6.01 Å². The Hall–Kier alpha value is -1.40. The summed E-state index contributed by atoms with van der Waals surface area (Å²) in [6.45, 7) is 0.489. The van der Waals surface area contributed by atoms with Crippen LogP contribution in [0.4, 0.5) is 0 Å². The fourth-order valence-electron chi connectivity index (χ4n) is 1.23. The predicted octanol–water partition coefficient (Wildman–Crippen LogP) is 1.83. The molecule has 0 amide bonds. The third-order valence-electron chi connectivity index (χ3n) is 2.03. The third kappa shape index (κ3) is 2.40. The van der Waals surface area contributed by atoms with Crippen LogP contribution in [0.25, 0.3) is 0 Å². The molecule has 0 aliphatic carbocycles. The molecule has 2 aromatic rings. The van der Waals surface area contributed by atoms with Gasteiger partial charge in [-0.15, -0.1) is 5.10 Å². The van der Waals surface area contributed by atoms with E-state index in [1.54, 1.807) is 18.1 Å². The number of ether oxygens (including phenoxy) is 1. The highest BCUT2D eigenvalue weighted by atomic mass is 79.9. The minimum Gasteiger partial charge on any atom is -0.423 e. The van der Waals surface area contributed by atoms with E-state index in [9.17, 15) is 0 Å². The van der Waals surface area contributed by atoms with Crippen LogP contribution in [0.3, 0.4) is 0 Å². The Balaban J connectivity index is 2.19. The highest BCUT2D eigenvalue weighted by Gasteiger charge is 2.04. The molecule has 1 aromatic heterocycles. The zero-order chi connectivity index (χ0) is 11.5. The zero-order valence-corrected chi connectivity index (χ0v) is 10.3. The van der Waals surface area contributed by atoms with Crippen LogP contribution < -0.4 is 10.5 Å². The average molecular weight is 283 g/mol. The zero-order valence-electron chi connectivity index (χ0n) is 8.72. The largest absolute Gasteiger partial charge is 0.423 e. The summed E-state index contributed by atoms with van der Waals surface area (Å²) in [6.07, 6.45) is 1.58. The maximum Gasteiger partial charge on any atom is 0.340 e. The van der Waals surface area contributed by atoms with Crippen molar-refractivity contribution in [3.63, 3.8) is 0 Å². The molecule has 16 heavy (non-hydrogen) atoms. The molecular formula is C10H11BrN4O. The molecule has 2 N–H and O–H groups in total. The lowest BCUT2D eigenvalue weighted by molar-refractivity contribution is 0.438. The van der Waals surface area contributed by atoms with Gasteiger partial charge in [-0.1, -0.05) is 22.0 Å². The monoisotopic (exact) mass is 282 g/mol. The smallest absolute Gasteiger partial charge is 0.340 e. The van der Waals surface area contributed by atoms with Crippen LogP contribution in [0.15, 0.2) is 29.0 Å². The molecule has 0 spiro atoms. The first-order valence-electron chi connectivity index (χ1n) is 4.71. The summed E-state index contributed by atoms with van der Waals surface area (Å²) in [5.41, 5.74) is 6.59. The first kappa shape index (κ1) is 11.1. The van der Waals surface area contributed by atoms with Gasteiger partial charge in [0.25, 0.3) is 0 Å². The second-order valence-corrected chi connectivity index (χ2v) is 4.11. The van der Waals surface area contributed by atoms with Gasteiger partial charge in [0, 0.05) is 18.1 Å². The van der Waals surface area contributed by atoms with E-state index in [4.69, 9.17) is 10.5 Å². The number of aromatic nitrogens is 3. The fraction of sp³-hybridized carbons (Fsp3) is 0.200. The van der Waals surface area contributed by atoms with E-state index in [1.165, 1.54) is 0 Å². The summed E-state index contributed by atoms with van der Waals surface area (Å²) in [6, 6.07) is 5.92. The first-order chi connectivity index (χ1) is 7.69. The molecule has 2 rings (SSSR count). The second kappa shape index (κ2) is 4.63. The van der Waals surface area contributed by atoms with Gasteiger partial charge in [-0.25, -0.2) is 0 Å². The summed E-state index contributed by atoms with van der Waals surface area (Å²) < 4.78 is 7.97. The number of rotatable bonds is 3. The van der Waals surface area contributed by atoms with Crippen LogP contribution in [0.2, 0.25) is 0 Å². The molecule has 1 aromatic carbocycles. The van der Waals surface area contributed by atoms with Crippen LogP contribution in [0.1, 0.15) is 5.56 Å². The van der Waals surface area contributed by atoms with Gasteiger partial charge in [0.15, 0.2) is 0 Å². The van der Waals surface area contributed by atoms with Crippen molar-refractivity contribution in [2.45, 2.75) is 6.54 Å². The summed E-state index contributed by atoms with van der Waals surface area (Å²) in [7, 11) is 1.79. The van der Waals surface area contributed by atoms with E-state index in [1.807, 2.05) is 18.2 Å². The molecule has 0 bridgehead atoms. The van der Waals surface area contributed by atoms with Gasteiger partial charge < -0.3 is 10.5 Å². The maximum absolute atomic E-state index is 5.56. The summed E-state index contributed by atoms with van der Waals surface area (Å²) >= 11 is 3.42. The van der Waals surface area contributed by atoms with Crippen molar-refractivity contribution in [1.29, 1.82) is 0 Å². The van der Waals surface area contributed by atoms with E-state index in [2.05, 4.69) is 26.0 Å². The molecule has 0 fully saturated rings. The van der Waals surface area contributed by atoms with Crippen molar-refractivity contribution in [3.8, 4) is 11.8 Å². The normalized spacial score (nSPS) is 10.4. The lowest BCUT2D eigenvalue weighted by Crippen LogP contribution is -1.97. The topological polar surface area (TPSA) is 66.0 Å². The molecule has 0 radical (unpaired) electrons. The number of aryl methyl sites for hydroxylation is 1. The Kier molecular flexibility index (Phi) is 3.21. The van der Waals surface area contributed by atoms with Crippen LogP contribution in [-0.4, -0.2) is 14.8 Å². The van der Waals surface area contributed by atoms with Crippen molar-refractivity contribution in [1.82, 2.24) is 14.8 Å². The van der Waals surface area contributed by atoms with E-state index in [-0.39, 0.29) is 0 Å². The standard InChI is InChI=1S/C10H11BrN4O/c1-15-6-13-10(14-15)16-8-3-2-7(5-12)9(11)4-8/h2-4,6H,5,12H2,1H3. The molecule has 0 aliphatic rings. The summed E-state index contributed by atoms with van der Waals surface area (Å²) in [5, 5.41) is 4.02. The van der Waals surface area contributed by atoms with Crippen molar-refractivity contribution in [2.24, 2.45) is 12.8 Å². The predicted molar refractivity (Wildman–Crippen MR) is 63.1 cm³/mol. The van der Waals surface area contributed by atoms with Gasteiger partial charge in [0.1, 0.15) is 12.1 Å². The molecular weight excluding hydrogens is 272 g/mol. The van der Waals surface area contributed by atoms with Crippen LogP contribution in [-0.2, 0) is 13.6 Å². The maximum atomic E-state index is 5.56. The lowest BCUT2D eigenvalue weighted by Gasteiger charge is -2.04. The second-order valence-electron chi connectivity index (χ2n) is 3.26. The minimum absolute atomic E-state index is 0.329. The summed E-state index contributed by atoms with van der Waals surface area (Å²) in [4.78, 5) is 3.97. The molecule has 0 saturated carbocycles. The number of nitrogens with two attached hydrogens (primary N) is 1. The van der Waals surface area contributed by atoms with E-state index in [0.29, 0.717) is 18.3 Å². The van der Waals surface area contributed by atoms with Gasteiger partial charge in [-0.3, -0.25) is 4.68 Å². The van der Waals surface area contributed by atoms with E-state index in [0.717, 1.165) is 10.0 Å². The van der Waals surface area contributed by atoms with Crippen LogP contribution in [0, 0.1) is 0 Å². The Morgan fingerprint density at radius 2 is 2.31 bits per heavy atom. The average Bonchev–Trinajstić information content (AvgIpc) is 2.64. The Labute approximate surface area is 101 Å². The highest BCUT2D eigenvalue weighted by molar-refractivity contribution is 9.10. The van der Waals surface area contributed by atoms with Crippen molar-refractivity contribution < 1.29 is 4.74 Å². The SMILES string of the molecule is Cn1cnc(Oc2ccc(CN)c(Br)c2)n1. The van der Waals surface area contributed by atoms with Crippen molar-refractivity contribution >= 4 is 15.9 Å². The lowest BCUT2D eigenvalue weighted by atomic mass is 10.2. The van der Waals surface area contributed by atoms with Gasteiger partial charge in [-0.05, 0) is 17.7 Å². The Morgan fingerprint density at radius 1 is 1.50 bits per heavy atom. The molecule has 0 aliphatic heterocycles. The molecule has 0 saturated heterocycles. The molecule has 1 heterocycles. The highest BCUT2D eigenvalue weighted by Crippen LogP contribution is 2.25. The molecule has 5 nitrogen and oxygen atoms in total. The number of nitrogens with zero attached hydrogens (tertiary/aromatic N) is 3. The first-order valence-corrected chi connectivity index (χ1v) is 5.50. The van der Waals surface area contributed by atoms with Gasteiger partial charge in [-0.2, -0.15) is 4.98 Å². The summed E-state index contributed by atoms with van der Waals surface area (Å²) in [5.74, 6) is 0.676. The molecule has 0 atom stereocenters. The van der Waals surface area contributed by atoms with Gasteiger partial charge in [0.05, 0.1) is 0 Å². The Morgan fingerprint density at radius 3 is 2.88 bits per heavy atom. The Bertz CT molecular complexity index is 497. The molecule has 84 valence electrons. The van der Waals surface area contributed by atoms with Crippen molar-refractivity contribution in [3.05, 3.63) is 34.6 Å². The number of benzene rings is 1. The fourth-order valence-corrected chi connectivity index (χ4v) is 1.75.